The second-order valence-corrected chi connectivity index (χ2v) is 7.25. The van der Waals surface area contributed by atoms with Crippen molar-refractivity contribution in [3.05, 3.63) is 82.5 Å². The number of rotatable bonds is 5. The van der Waals surface area contributed by atoms with E-state index in [1.807, 2.05) is 6.07 Å². The zero-order chi connectivity index (χ0) is 20.8. The number of hydrogen-bond donors (Lipinski definition) is 3. The molecule has 6 nitrogen and oxygen atoms in total. The predicted molar refractivity (Wildman–Crippen MR) is 109 cm³/mol. The van der Waals surface area contributed by atoms with Gasteiger partial charge in [-0.15, -0.1) is 11.3 Å². The molecule has 0 aliphatic rings. The molecule has 0 atom stereocenters. The Kier molecular flexibility index (Phi) is 6.36. The van der Waals surface area contributed by atoms with Crippen molar-refractivity contribution in [2.75, 3.05) is 6.54 Å². The second kappa shape index (κ2) is 9.11. The Balaban J connectivity index is 1.49. The molecule has 0 bridgehead atoms. The zero-order valence-electron chi connectivity index (χ0n) is 15.5. The fraction of sp³-hybridized carbons (Fsp3) is 0.0952. The van der Waals surface area contributed by atoms with Crippen LogP contribution in [0.15, 0.2) is 60.7 Å². The molecule has 1 aromatic heterocycles. The largest absolute Gasteiger partial charge is 0.343 e. The number of amides is 3. The summed E-state index contributed by atoms with van der Waals surface area (Å²) in [6.45, 7) is 1.52. The zero-order valence-corrected chi connectivity index (χ0v) is 16.3. The minimum Gasteiger partial charge on any atom is -0.343 e. The monoisotopic (exact) mass is 411 g/mol. The smallest absolute Gasteiger partial charge is 0.279 e. The molecule has 0 unspecified atom stereocenters. The van der Waals surface area contributed by atoms with Gasteiger partial charge in [0.2, 0.25) is 0 Å². The Labute approximate surface area is 170 Å². The Hall–Kier alpha value is -3.52. The summed E-state index contributed by atoms with van der Waals surface area (Å²) in [5.74, 6) is -1.75. The highest BCUT2D eigenvalue weighted by Crippen LogP contribution is 2.28. The summed E-state index contributed by atoms with van der Waals surface area (Å²) in [5, 5.41) is 2.50. The van der Waals surface area contributed by atoms with Crippen molar-refractivity contribution in [2.24, 2.45) is 0 Å². The van der Waals surface area contributed by atoms with E-state index >= 15 is 0 Å². The molecular weight excluding hydrogens is 393 g/mol. The minimum atomic E-state index is -0.560. The fourth-order valence-corrected chi connectivity index (χ4v) is 3.45. The molecule has 8 heteroatoms. The molecule has 0 aliphatic heterocycles. The van der Waals surface area contributed by atoms with Crippen LogP contribution in [-0.4, -0.2) is 24.3 Å². The molecular formula is C21H18FN3O3S. The van der Waals surface area contributed by atoms with Crippen molar-refractivity contribution < 1.29 is 18.8 Å². The first-order chi connectivity index (χ1) is 13.9. The molecule has 0 fully saturated rings. The molecule has 1 heterocycles. The van der Waals surface area contributed by atoms with Crippen molar-refractivity contribution >= 4 is 29.1 Å². The second-order valence-electron chi connectivity index (χ2n) is 6.17. The van der Waals surface area contributed by atoms with Crippen LogP contribution in [0.3, 0.4) is 0 Å². The van der Waals surface area contributed by atoms with Crippen LogP contribution in [0.4, 0.5) is 4.39 Å². The number of aryl methyl sites for hydroxylation is 1. The van der Waals surface area contributed by atoms with E-state index in [9.17, 15) is 18.8 Å². The van der Waals surface area contributed by atoms with Gasteiger partial charge >= 0.3 is 0 Å². The quantitative estimate of drug-likeness (QED) is 0.564. The van der Waals surface area contributed by atoms with Crippen LogP contribution >= 0.6 is 11.3 Å². The van der Waals surface area contributed by atoms with E-state index in [-0.39, 0.29) is 18.3 Å². The summed E-state index contributed by atoms with van der Waals surface area (Å²) >= 11 is 1.21. The summed E-state index contributed by atoms with van der Waals surface area (Å²) in [7, 11) is 0. The van der Waals surface area contributed by atoms with Gasteiger partial charge < -0.3 is 5.32 Å². The highest BCUT2D eigenvalue weighted by atomic mass is 32.1. The number of benzene rings is 2. The molecule has 148 valence electrons. The van der Waals surface area contributed by atoms with Gasteiger partial charge in [0.1, 0.15) is 5.82 Å². The first-order valence-electron chi connectivity index (χ1n) is 8.73. The molecule has 3 rings (SSSR count). The molecule has 0 saturated heterocycles. The maximum atomic E-state index is 13.0. The van der Waals surface area contributed by atoms with E-state index in [1.165, 1.54) is 23.5 Å². The first kappa shape index (κ1) is 20.2. The first-order valence-corrected chi connectivity index (χ1v) is 9.54. The number of carbonyl (C=O) groups is 3. The lowest BCUT2D eigenvalue weighted by atomic mass is 10.1. The highest BCUT2D eigenvalue weighted by Gasteiger charge is 2.13. The lowest BCUT2D eigenvalue weighted by Gasteiger charge is -2.09. The van der Waals surface area contributed by atoms with Gasteiger partial charge in [0.15, 0.2) is 0 Å². The molecule has 0 saturated carbocycles. The summed E-state index contributed by atoms with van der Waals surface area (Å²) in [5.41, 5.74) is 6.64. The molecule has 3 aromatic rings. The molecule has 0 aliphatic carbocycles. The highest BCUT2D eigenvalue weighted by molar-refractivity contribution is 7.17. The summed E-state index contributed by atoms with van der Waals surface area (Å²) < 4.78 is 13.0. The third-order valence-corrected chi connectivity index (χ3v) is 5.21. The topological polar surface area (TPSA) is 87.3 Å². The van der Waals surface area contributed by atoms with Crippen molar-refractivity contribution in [3.63, 3.8) is 0 Å². The van der Waals surface area contributed by atoms with Crippen molar-refractivity contribution in [3.8, 4) is 10.4 Å². The van der Waals surface area contributed by atoms with E-state index in [4.69, 9.17) is 0 Å². The van der Waals surface area contributed by atoms with Gasteiger partial charge in [-0.25, -0.2) is 4.39 Å². The van der Waals surface area contributed by atoms with Crippen LogP contribution in [0.1, 0.15) is 25.6 Å². The minimum absolute atomic E-state index is 0.279. The Bertz CT molecular complexity index is 1050. The number of thiophene rings is 1. The van der Waals surface area contributed by atoms with Crippen molar-refractivity contribution in [2.45, 2.75) is 6.92 Å². The molecule has 2 aromatic carbocycles. The summed E-state index contributed by atoms with van der Waals surface area (Å²) in [6.07, 6.45) is 0. The van der Waals surface area contributed by atoms with Crippen LogP contribution in [0.2, 0.25) is 0 Å². The van der Waals surface area contributed by atoms with Gasteiger partial charge in [-0.1, -0.05) is 30.3 Å². The normalized spacial score (nSPS) is 10.3. The van der Waals surface area contributed by atoms with Gasteiger partial charge in [-0.05, 0) is 48.4 Å². The van der Waals surface area contributed by atoms with Crippen molar-refractivity contribution in [1.82, 2.24) is 16.2 Å². The third-order valence-electron chi connectivity index (χ3n) is 4.07. The molecule has 0 radical (unpaired) electrons. The lowest BCUT2D eigenvalue weighted by Crippen LogP contribution is -2.46. The maximum Gasteiger partial charge on any atom is 0.279 e. The molecule has 3 N–H and O–H groups in total. The van der Waals surface area contributed by atoms with Gasteiger partial charge in [-0.2, -0.15) is 0 Å². The van der Waals surface area contributed by atoms with E-state index in [0.717, 1.165) is 16.0 Å². The van der Waals surface area contributed by atoms with Gasteiger partial charge in [0.25, 0.3) is 17.7 Å². The van der Waals surface area contributed by atoms with Crippen LogP contribution in [0, 0.1) is 12.7 Å². The van der Waals surface area contributed by atoms with Gasteiger partial charge in [0, 0.05) is 10.4 Å². The van der Waals surface area contributed by atoms with Crippen LogP contribution < -0.4 is 16.2 Å². The average Bonchev–Trinajstić information content (AvgIpc) is 3.21. The molecule has 29 heavy (non-hydrogen) atoms. The third kappa shape index (κ3) is 5.26. The van der Waals surface area contributed by atoms with E-state index in [0.29, 0.717) is 10.4 Å². The number of halogens is 1. The van der Waals surface area contributed by atoms with E-state index in [1.54, 1.807) is 49.4 Å². The van der Waals surface area contributed by atoms with Crippen LogP contribution in [0.25, 0.3) is 10.4 Å². The average molecular weight is 411 g/mol. The van der Waals surface area contributed by atoms with Crippen molar-refractivity contribution in [1.29, 1.82) is 0 Å². The molecule has 3 amide bonds. The summed E-state index contributed by atoms with van der Waals surface area (Å²) in [4.78, 5) is 37.3. The standard InChI is InChI=1S/C21H18FN3O3S/c1-13-4-2-3-5-16(13)20(27)23-12-19(26)24-25-21(28)18-11-10-17(29-18)14-6-8-15(22)9-7-14/h2-11H,12H2,1H3,(H,23,27)(H,24,26)(H,25,28). The number of hydrazine groups is 1. The lowest BCUT2D eigenvalue weighted by molar-refractivity contribution is -0.120. The fourth-order valence-electron chi connectivity index (χ4n) is 2.54. The van der Waals surface area contributed by atoms with Crippen LogP contribution in [0.5, 0.6) is 0 Å². The number of hydrogen-bond acceptors (Lipinski definition) is 4. The summed E-state index contributed by atoms with van der Waals surface area (Å²) in [6, 6.07) is 16.3. The Morgan fingerprint density at radius 3 is 2.34 bits per heavy atom. The number of nitrogens with one attached hydrogen (secondary N) is 3. The Morgan fingerprint density at radius 1 is 0.897 bits per heavy atom. The Morgan fingerprint density at radius 2 is 1.62 bits per heavy atom. The van der Waals surface area contributed by atoms with Gasteiger partial charge in [-0.3, -0.25) is 25.2 Å². The SMILES string of the molecule is Cc1ccccc1C(=O)NCC(=O)NNC(=O)c1ccc(-c2ccc(F)cc2)s1. The van der Waals surface area contributed by atoms with Crippen LogP contribution in [-0.2, 0) is 4.79 Å². The van der Waals surface area contributed by atoms with Gasteiger partial charge in [0.05, 0.1) is 11.4 Å². The van der Waals surface area contributed by atoms with E-state index < -0.39 is 11.8 Å². The van der Waals surface area contributed by atoms with E-state index in [2.05, 4.69) is 16.2 Å². The molecule has 0 spiro atoms. The number of carbonyl (C=O) groups excluding carboxylic acids is 3. The maximum absolute atomic E-state index is 13.0. The predicted octanol–water partition coefficient (Wildman–Crippen LogP) is 3.05.